The van der Waals surface area contributed by atoms with Gasteiger partial charge in [0.2, 0.25) is 17.8 Å². The van der Waals surface area contributed by atoms with E-state index in [-0.39, 0.29) is 12.4 Å². The normalized spacial score (nSPS) is 12.0. The summed E-state index contributed by atoms with van der Waals surface area (Å²) in [6.07, 6.45) is 2.47. The standard InChI is InChI=1S/C14H19N7O4S/c15-8(22)5-7(13(24)25)19-9(23)3-1-2-4-26-12-10-11(18-6-17-10)20-14(16)21-12/h6-7H,1-5H2,(H2,15,22)(H,19,23)(H,24,25)(H3,16,17,18,20,21)/t7-/m0/s1. The molecule has 0 saturated carbocycles. The summed E-state index contributed by atoms with van der Waals surface area (Å²) in [5.74, 6) is -1.70. The van der Waals surface area contributed by atoms with E-state index in [1.165, 1.54) is 18.1 Å². The molecule has 0 fully saturated rings. The molecule has 2 aromatic heterocycles. The van der Waals surface area contributed by atoms with Gasteiger partial charge in [-0.2, -0.15) is 4.98 Å². The van der Waals surface area contributed by atoms with E-state index in [9.17, 15) is 14.4 Å². The van der Waals surface area contributed by atoms with Crippen molar-refractivity contribution in [3.05, 3.63) is 6.33 Å². The monoisotopic (exact) mass is 381 g/mol. The first kappa shape index (κ1) is 19.4. The van der Waals surface area contributed by atoms with Crippen LogP contribution in [0.1, 0.15) is 25.7 Å². The Labute approximate surface area is 152 Å². The van der Waals surface area contributed by atoms with Crippen LogP contribution in [0.4, 0.5) is 5.95 Å². The van der Waals surface area contributed by atoms with Crippen molar-refractivity contribution < 1.29 is 19.5 Å². The zero-order valence-electron chi connectivity index (χ0n) is 13.8. The minimum Gasteiger partial charge on any atom is -0.480 e. The lowest BCUT2D eigenvalue weighted by molar-refractivity contribution is -0.143. The average molecular weight is 381 g/mol. The van der Waals surface area contributed by atoms with Gasteiger partial charge in [0.1, 0.15) is 16.6 Å². The number of primary amides is 1. The van der Waals surface area contributed by atoms with E-state index in [1.54, 1.807) is 0 Å². The predicted molar refractivity (Wildman–Crippen MR) is 94.0 cm³/mol. The molecular formula is C14H19N7O4S. The number of aliphatic carboxylic acids is 1. The number of nitrogens with one attached hydrogen (secondary N) is 2. The SMILES string of the molecule is NC(=O)C[C@H](NC(=O)CCCCSc1nc(N)nc2nc[nH]c12)C(=O)O. The number of fused-ring (bicyclic) bond motifs is 1. The number of unbranched alkanes of at least 4 members (excludes halogenated alkanes) is 1. The van der Waals surface area contributed by atoms with Gasteiger partial charge in [-0.1, -0.05) is 0 Å². The van der Waals surface area contributed by atoms with Gasteiger partial charge in [0.25, 0.3) is 0 Å². The minimum absolute atomic E-state index is 0.139. The first-order valence-electron chi connectivity index (χ1n) is 7.76. The molecule has 0 aliphatic carbocycles. The van der Waals surface area contributed by atoms with Crippen LogP contribution in [0.5, 0.6) is 0 Å². The molecule has 0 unspecified atom stereocenters. The van der Waals surface area contributed by atoms with Crippen LogP contribution >= 0.6 is 11.8 Å². The zero-order valence-corrected chi connectivity index (χ0v) is 14.6. The predicted octanol–water partition coefficient (Wildman–Crippen LogP) is -0.358. The van der Waals surface area contributed by atoms with Gasteiger partial charge in [-0.05, 0) is 18.6 Å². The number of carboxylic acids is 1. The quantitative estimate of drug-likeness (QED) is 0.208. The van der Waals surface area contributed by atoms with E-state index in [2.05, 4.69) is 25.3 Å². The van der Waals surface area contributed by atoms with Crippen molar-refractivity contribution in [3.63, 3.8) is 0 Å². The molecule has 7 N–H and O–H groups in total. The van der Waals surface area contributed by atoms with Gasteiger partial charge in [0.15, 0.2) is 5.65 Å². The Bertz CT molecular complexity index is 810. The number of amides is 2. The second-order valence-electron chi connectivity index (χ2n) is 5.42. The third-order valence-electron chi connectivity index (χ3n) is 3.35. The Kier molecular flexibility index (Phi) is 6.72. The molecular weight excluding hydrogens is 362 g/mol. The third-order valence-corrected chi connectivity index (χ3v) is 4.41. The average Bonchev–Trinajstić information content (AvgIpc) is 3.01. The maximum absolute atomic E-state index is 11.8. The van der Waals surface area contributed by atoms with Crippen LogP contribution in [-0.2, 0) is 14.4 Å². The van der Waals surface area contributed by atoms with Gasteiger partial charge >= 0.3 is 5.97 Å². The number of anilines is 1. The van der Waals surface area contributed by atoms with E-state index >= 15 is 0 Å². The van der Waals surface area contributed by atoms with Gasteiger partial charge < -0.3 is 26.9 Å². The lowest BCUT2D eigenvalue weighted by Gasteiger charge is -2.12. The fraction of sp³-hybridized carbons (Fsp3) is 0.429. The molecule has 0 saturated heterocycles. The Balaban J connectivity index is 1.74. The van der Waals surface area contributed by atoms with Crippen molar-refractivity contribution in [2.24, 2.45) is 5.73 Å². The number of aromatic amines is 1. The van der Waals surface area contributed by atoms with Crippen LogP contribution in [-0.4, -0.2) is 54.6 Å². The van der Waals surface area contributed by atoms with Crippen LogP contribution in [0.25, 0.3) is 11.2 Å². The highest BCUT2D eigenvalue weighted by atomic mass is 32.2. The molecule has 11 nitrogen and oxygen atoms in total. The second-order valence-corrected chi connectivity index (χ2v) is 6.51. The van der Waals surface area contributed by atoms with Crippen LogP contribution in [0, 0.1) is 0 Å². The fourth-order valence-electron chi connectivity index (χ4n) is 2.15. The maximum Gasteiger partial charge on any atom is 0.326 e. The number of imidazole rings is 1. The number of nitrogens with two attached hydrogens (primary N) is 2. The third kappa shape index (κ3) is 5.58. The summed E-state index contributed by atoms with van der Waals surface area (Å²) in [6, 6.07) is -1.30. The Hall–Kier alpha value is -2.89. The minimum atomic E-state index is -1.30. The summed E-state index contributed by atoms with van der Waals surface area (Å²) in [5.41, 5.74) is 11.8. The molecule has 2 heterocycles. The van der Waals surface area contributed by atoms with E-state index in [0.717, 1.165) is 0 Å². The van der Waals surface area contributed by atoms with Gasteiger partial charge in [-0.15, -0.1) is 11.8 Å². The number of hydrogen-bond donors (Lipinski definition) is 5. The first-order chi connectivity index (χ1) is 12.4. The number of nitrogen functional groups attached to an aromatic ring is 1. The largest absolute Gasteiger partial charge is 0.480 e. The van der Waals surface area contributed by atoms with Crippen LogP contribution in [0.3, 0.4) is 0 Å². The summed E-state index contributed by atoms with van der Waals surface area (Å²) >= 11 is 1.46. The molecule has 2 rings (SSSR count). The van der Waals surface area contributed by atoms with Crippen molar-refractivity contribution in [1.82, 2.24) is 25.3 Å². The zero-order chi connectivity index (χ0) is 19.1. The Morgan fingerprint density at radius 1 is 1.31 bits per heavy atom. The Morgan fingerprint density at radius 3 is 2.77 bits per heavy atom. The molecule has 0 aromatic carbocycles. The highest BCUT2D eigenvalue weighted by Crippen LogP contribution is 2.24. The lowest BCUT2D eigenvalue weighted by atomic mass is 10.2. The second kappa shape index (κ2) is 8.99. The topological polar surface area (TPSA) is 190 Å². The smallest absolute Gasteiger partial charge is 0.326 e. The number of carbonyl (C=O) groups excluding carboxylic acids is 2. The van der Waals surface area contributed by atoms with Gasteiger partial charge in [0, 0.05) is 6.42 Å². The molecule has 2 aromatic rings. The summed E-state index contributed by atoms with van der Waals surface area (Å²) in [4.78, 5) is 48.7. The number of carbonyl (C=O) groups is 3. The molecule has 0 aliphatic heterocycles. The van der Waals surface area contributed by atoms with Crippen LogP contribution in [0.15, 0.2) is 11.4 Å². The number of hydrogen-bond acceptors (Lipinski definition) is 8. The Morgan fingerprint density at radius 2 is 2.08 bits per heavy atom. The summed E-state index contributed by atoms with van der Waals surface area (Å²) < 4.78 is 0. The highest BCUT2D eigenvalue weighted by Gasteiger charge is 2.21. The summed E-state index contributed by atoms with van der Waals surface area (Å²) in [5, 5.41) is 11.9. The van der Waals surface area contributed by atoms with Crippen molar-refractivity contribution >= 4 is 46.7 Å². The molecule has 140 valence electrons. The first-order valence-corrected chi connectivity index (χ1v) is 8.75. The molecule has 12 heteroatoms. The van der Waals surface area contributed by atoms with E-state index in [4.69, 9.17) is 16.6 Å². The van der Waals surface area contributed by atoms with Crippen molar-refractivity contribution in [3.8, 4) is 0 Å². The number of rotatable bonds is 10. The van der Waals surface area contributed by atoms with Gasteiger partial charge in [-0.3, -0.25) is 9.59 Å². The number of nitrogens with zero attached hydrogens (tertiary/aromatic N) is 3. The van der Waals surface area contributed by atoms with Gasteiger partial charge in [-0.25, -0.2) is 14.8 Å². The van der Waals surface area contributed by atoms with Crippen molar-refractivity contribution in [2.75, 3.05) is 11.5 Å². The maximum atomic E-state index is 11.8. The van der Waals surface area contributed by atoms with Crippen LogP contribution < -0.4 is 16.8 Å². The molecule has 0 spiro atoms. The summed E-state index contributed by atoms with van der Waals surface area (Å²) in [7, 11) is 0. The number of carboxylic acid groups (broad SMARTS) is 1. The molecule has 1 atom stereocenters. The molecule has 0 aliphatic rings. The number of thioether (sulfide) groups is 1. The van der Waals surface area contributed by atoms with E-state index in [1.807, 2.05) is 0 Å². The molecule has 2 amide bonds. The fourth-order valence-corrected chi connectivity index (χ4v) is 3.15. The molecule has 0 bridgehead atoms. The van der Waals surface area contributed by atoms with Crippen LogP contribution in [0.2, 0.25) is 0 Å². The molecule has 0 radical (unpaired) electrons. The van der Waals surface area contributed by atoms with Gasteiger partial charge in [0.05, 0.1) is 12.7 Å². The lowest BCUT2D eigenvalue weighted by Crippen LogP contribution is -2.43. The highest BCUT2D eigenvalue weighted by molar-refractivity contribution is 7.99. The van der Waals surface area contributed by atoms with Crippen molar-refractivity contribution in [1.29, 1.82) is 0 Å². The number of aromatic nitrogens is 4. The number of H-pyrrole nitrogens is 1. The van der Waals surface area contributed by atoms with E-state index in [0.29, 0.717) is 34.8 Å². The van der Waals surface area contributed by atoms with E-state index < -0.39 is 30.2 Å². The molecule has 26 heavy (non-hydrogen) atoms. The van der Waals surface area contributed by atoms with Crippen molar-refractivity contribution in [2.45, 2.75) is 36.8 Å². The summed E-state index contributed by atoms with van der Waals surface area (Å²) in [6.45, 7) is 0.